The fourth-order valence-electron chi connectivity index (χ4n) is 2.16. The van der Waals surface area contributed by atoms with Gasteiger partial charge in [-0.15, -0.1) is 0 Å². The largest absolute Gasteiger partial charge is 0.424 e. The molecule has 0 atom stereocenters. The standard InChI is InChI=1S/C15H16ClNO2/c1-11(18)19-15-9-13(16)10-17-14(15)8-7-12-5-3-2-4-6-12/h9-10,12H,2-6H2,1H3. The Morgan fingerprint density at radius 3 is 2.84 bits per heavy atom. The molecule has 3 nitrogen and oxygen atoms in total. The van der Waals surface area contributed by atoms with Crippen LogP contribution in [0.5, 0.6) is 5.75 Å². The van der Waals surface area contributed by atoms with Crippen LogP contribution in [0.3, 0.4) is 0 Å². The Morgan fingerprint density at radius 1 is 1.42 bits per heavy atom. The van der Waals surface area contributed by atoms with Crippen LogP contribution >= 0.6 is 11.6 Å². The number of pyridine rings is 1. The minimum Gasteiger partial charge on any atom is -0.424 e. The maximum atomic E-state index is 11.0. The molecule has 2 rings (SSSR count). The van der Waals surface area contributed by atoms with Gasteiger partial charge in [-0.3, -0.25) is 4.79 Å². The van der Waals surface area contributed by atoms with E-state index in [1.807, 2.05) is 0 Å². The summed E-state index contributed by atoms with van der Waals surface area (Å²) in [5, 5.41) is 0.430. The second kappa shape index (κ2) is 6.58. The van der Waals surface area contributed by atoms with Crippen molar-refractivity contribution in [2.75, 3.05) is 0 Å². The molecule has 0 aromatic carbocycles. The average Bonchev–Trinajstić information content (AvgIpc) is 2.38. The van der Waals surface area contributed by atoms with E-state index in [0.717, 1.165) is 12.8 Å². The van der Waals surface area contributed by atoms with Gasteiger partial charge in [0.25, 0.3) is 0 Å². The van der Waals surface area contributed by atoms with Crippen molar-refractivity contribution < 1.29 is 9.53 Å². The number of esters is 1. The summed E-state index contributed by atoms with van der Waals surface area (Å²) in [4.78, 5) is 15.2. The zero-order chi connectivity index (χ0) is 13.7. The molecule has 19 heavy (non-hydrogen) atoms. The maximum Gasteiger partial charge on any atom is 0.308 e. The van der Waals surface area contributed by atoms with Crippen molar-refractivity contribution in [3.63, 3.8) is 0 Å². The molecule has 0 bridgehead atoms. The van der Waals surface area contributed by atoms with E-state index in [1.54, 1.807) is 6.07 Å². The molecule has 1 aliphatic carbocycles. The maximum absolute atomic E-state index is 11.0. The highest BCUT2D eigenvalue weighted by Crippen LogP contribution is 2.24. The summed E-state index contributed by atoms with van der Waals surface area (Å²) in [5.41, 5.74) is 0.477. The number of halogens is 1. The minimum absolute atomic E-state index is 0.336. The van der Waals surface area contributed by atoms with Crippen LogP contribution in [-0.4, -0.2) is 11.0 Å². The number of hydrogen-bond donors (Lipinski definition) is 0. The molecular weight excluding hydrogens is 262 g/mol. The zero-order valence-electron chi connectivity index (χ0n) is 10.9. The molecule has 4 heteroatoms. The van der Waals surface area contributed by atoms with Crippen LogP contribution in [0.15, 0.2) is 12.3 Å². The molecule has 0 N–H and O–H groups in total. The SMILES string of the molecule is CC(=O)Oc1cc(Cl)cnc1C#CC1CCCCC1. The summed E-state index contributed by atoms with van der Waals surface area (Å²) in [6, 6.07) is 1.57. The summed E-state index contributed by atoms with van der Waals surface area (Å²) in [5.74, 6) is 6.61. The predicted molar refractivity (Wildman–Crippen MR) is 74.0 cm³/mol. The van der Waals surface area contributed by atoms with E-state index < -0.39 is 5.97 Å². The number of ether oxygens (including phenoxy) is 1. The monoisotopic (exact) mass is 277 g/mol. The van der Waals surface area contributed by atoms with Crippen molar-refractivity contribution in [3.8, 4) is 17.6 Å². The summed E-state index contributed by atoms with van der Waals surface area (Å²) < 4.78 is 5.08. The van der Waals surface area contributed by atoms with E-state index in [2.05, 4.69) is 16.8 Å². The number of carbonyl (C=O) groups is 1. The van der Waals surface area contributed by atoms with Gasteiger partial charge in [0.2, 0.25) is 0 Å². The highest BCUT2D eigenvalue weighted by atomic mass is 35.5. The van der Waals surface area contributed by atoms with Gasteiger partial charge >= 0.3 is 5.97 Å². The molecule has 0 saturated heterocycles. The van der Waals surface area contributed by atoms with Gasteiger partial charge in [0.15, 0.2) is 11.4 Å². The minimum atomic E-state index is -0.398. The molecule has 1 saturated carbocycles. The van der Waals surface area contributed by atoms with Gasteiger partial charge in [-0.2, -0.15) is 0 Å². The number of nitrogens with zero attached hydrogens (tertiary/aromatic N) is 1. The fourth-order valence-corrected chi connectivity index (χ4v) is 2.31. The van der Waals surface area contributed by atoms with Gasteiger partial charge in [-0.1, -0.05) is 36.8 Å². The van der Waals surface area contributed by atoms with Crippen LogP contribution in [0.1, 0.15) is 44.7 Å². The number of aromatic nitrogens is 1. The Hall–Kier alpha value is -1.53. The molecular formula is C15H16ClNO2. The third-order valence-electron chi connectivity index (χ3n) is 3.07. The number of hydrogen-bond acceptors (Lipinski definition) is 3. The first kappa shape index (κ1) is 13.9. The van der Waals surface area contributed by atoms with Crippen LogP contribution in [0.4, 0.5) is 0 Å². The van der Waals surface area contributed by atoms with E-state index in [-0.39, 0.29) is 0 Å². The first-order valence-electron chi connectivity index (χ1n) is 6.50. The number of carbonyl (C=O) groups excluding carboxylic acids is 1. The van der Waals surface area contributed by atoms with Gasteiger partial charge in [0.1, 0.15) is 0 Å². The molecule has 1 aliphatic rings. The van der Waals surface area contributed by atoms with Crippen molar-refractivity contribution in [2.45, 2.75) is 39.0 Å². The predicted octanol–water partition coefficient (Wildman–Crippen LogP) is 3.59. The zero-order valence-corrected chi connectivity index (χ0v) is 11.7. The lowest BCUT2D eigenvalue weighted by Crippen LogP contribution is -2.05. The van der Waals surface area contributed by atoms with E-state index >= 15 is 0 Å². The van der Waals surface area contributed by atoms with Gasteiger partial charge < -0.3 is 4.74 Å². The Bertz CT molecular complexity index is 525. The summed E-state index contributed by atoms with van der Waals surface area (Å²) in [7, 11) is 0. The molecule has 0 unspecified atom stereocenters. The molecule has 0 radical (unpaired) electrons. The van der Waals surface area contributed by atoms with Crippen LogP contribution in [0.25, 0.3) is 0 Å². The van der Waals surface area contributed by atoms with E-state index in [9.17, 15) is 4.79 Å². The topological polar surface area (TPSA) is 39.2 Å². The van der Waals surface area contributed by atoms with Crippen LogP contribution in [0, 0.1) is 17.8 Å². The van der Waals surface area contributed by atoms with E-state index in [4.69, 9.17) is 16.3 Å². The Morgan fingerprint density at radius 2 is 2.16 bits per heavy atom. The molecule has 1 heterocycles. The van der Waals surface area contributed by atoms with E-state index in [1.165, 1.54) is 32.4 Å². The third kappa shape index (κ3) is 4.25. The molecule has 1 fully saturated rings. The van der Waals surface area contributed by atoms with Gasteiger partial charge in [0.05, 0.1) is 5.02 Å². The van der Waals surface area contributed by atoms with Crippen LogP contribution in [-0.2, 0) is 4.79 Å². The lowest BCUT2D eigenvalue weighted by Gasteiger charge is -2.15. The first-order chi connectivity index (χ1) is 9.15. The van der Waals surface area contributed by atoms with Crippen molar-refractivity contribution in [1.29, 1.82) is 0 Å². The Balaban J connectivity index is 2.18. The highest BCUT2D eigenvalue weighted by molar-refractivity contribution is 6.30. The highest BCUT2D eigenvalue weighted by Gasteiger charge is 2.11. The van der Waals surface area contributed by atoms with Gasteiger partial charge in [-0.05, 0) is 18.8 Å². The Labute approximate surface area is 118 Å². The third-order valence-corrected chi connectivity index (χ3v) is 3.28. The van der Waals surface area contributed by atoms with Crippen LogP contribution in [0.2, 0.25) is 5.02 Å². The molecule has 1 aromatic rings. The summed E-state index contributed by atoms with van der Waals surface area (Å²) in [6.07, 6.45) is 7.58. The lowest BCUT2D eigenvalue weighted by molar-refractivity contribution is -0.131. The molecule has 0 aliphatic heterocycles. The molecule has 1 aromatic heterocycles. The van der Waals surface area contributed by atoms with Crippen molar-refractivity contribution in [3.05, 3.63) is 23.0 Å². The van der Waals surface area contributed by atoms with Crippen LogP contribution < -0.4 is 4.74 Å². The second-order valence-corrected chi connectivity index (χ2v) is 5.13. The normalized spacial score (nSPS) is 15.5. The molecule has 0 spiro atoms. The molecule has 0 amide bonds. The smallest absolute Gasteiger partial charge is 0.308 e. The average molecular weight is 278 g/mol. The van der Waals surface area contributed by atoms with Crippen molar-refractivity contribution >= 4 is 17.6 Å². The summed E-state index contributed by atoms with van der Waals surface area (Å²) >= 11 is 5.85. The lowest BCUT2D eigenvalue weighted by atomic mass is 9.90. The quantitative estimate of drug-likeness (QED) is 0.582. The first-order valence-corrected chi connectivity index (χ1v) is 6.88. The molecule has 100 valence electrons. The van der Waals surface area contributed by atoms with Crippen molar-refractivity contribution in [2.24, 2.45) is 5.92 Å². The van der Waals surface area contributed by atoms with Gasteiger partial charge in [-0.25, -0.2) is 4.98 Å². The van der Waals surface area contributed by atoms with Gasteiger partial charge in [0, 0.05) is 25.1 Å². The second-order valence-electron chi connectivity index (χ2n) is 4.70. The fraction of sp³-hybridized carbons (Fsp3) is 0.467. The van der Waals surface area contributed by atoms with E-state index in [0.29, 0.717) is 22.4 Å². The number of rotatable bonds is 1. The Kier molecular flexibility index (Phi) is 4.81. The summed E-state index contributed by atoms with van der Waals surface area (Å²) in [6.45, 7) is 1.35. The van der Waals surface area contributed by atoms with Crippen molar-refractivity contribution in [1.82, 2.24) is 4.98 Å².